The Morgan fingerprint density at radius 3 is 2.33 bits per heavy atom. The van der Waals surface area contributed by atoms with Crippen LogP contribution in [-0.4, -0.2) is 28.2 Å². The molecule has 4 nitrogen and oxygen atoms in total. The number of halogens is 1. The van der Waals surface area contributed by atoms with Crippen molar-refractivity contribution in [1.29, 1.82) is 0 Å². The lowest BCUT2D eigenvalue weighted by Gasteiger charge is -2.16. The van der Waals surface area contributed by atoms with E-state index in [9.17, 15) is 0 Å². The van der Waals surface area contributed by atoms with E-state index in [1.807, 2.05) is 12.1 Å². The summed E-state index contributed by atoms with van der Waals surface area (Å²) in [6.07, 6.45) is 5.24. The Kier molecular flexibility index (Phi) is 5.76. The molecule has 0 unspecified atom stereocenters. The minimum atomic E-state index is 0. The van der Waals surface area contributed by atoms with Crippen LogP contribution in [0, 0.1) is 6.92 Å². The molecule has 1 aromatic carbocycles. The average Bonchev–Trinajstić information content (AvgIpc) is 2.76. The lowest BCUT2D eigenvalue weighted by molar-refractivity contribution is 0.249. The Balaban J connectivity index is 0.00000161. The van der Waals surface area contributed by atoms with E-state index in [1.54, 1.807) is 0 Å². The van der Waals surface area contributed by atoms with E-state index in [4.69, 9.17) is 4.42 Å². The van der Waals surface area contributed by atoms with Crippen molar-refractivity contribution < 1.29 is 4.42 Å². The van der Waals surface area contributed by atoms with Crippen molar-refractivity contribution in [2.24, 2.45) is 0 Å². The molecular weight excluding hydrogens is 286 g/mol. The van der Waals surface area contributed by atoms with Crippen LogP contribution in [0.5, 0.6) is 0 Å². The fraction of sp³-hybridized carbons (Fsp3) is 0.500. The summed E-state index contributed by atoms with van der Waals surface area (Å²) in [4.78, 5) is 2.42. The monoisotopic (exact) mass is 307 g/mol. The SMILES string of the molecule is Cc1ccc(-c2nnc(CN3CCCCCC3)o2)cc1.Cl. The first-order chi connectivity index (χ1) is 9.81. The molecule has 0 radical (unpaired) electrons. The average molecular weight is 308 g/mol. The maximum Gasteiger partial charge on any atom is 0.247 e. The molecule has 2 heterocycles. The highest BCUT2D eigenvalue weighted by atomic mass is 35.5. The second-order valence-electron chi connectivity index (χ2n) is 5.56. The van der Waals surface area contributed by atoms with Crippen LogP contribution in [0.3, 0.4) is 0 Å². The lowest BCUT2D eigenvalue weighted by atomic mass is 10.1. The molecule has 0 amide bonds. The van der Waals surface area contributed by atoms with E-state index in [2.05, 4.69) is 34.2 Å². The fourth-order valence-electron chi connectivity index (χ4n) is 2.62. The zero-order chi connectivity index (χ0) is 13.8. The molecule has 1 saturated heterocycles. The van der Waals surface area contributed by atoms with Crippen LogP contribution in [0.1, 0.15) is 37.1 Å². The van der Waals surface area contributed by atoms with Crippen LogP contribution < -0.4 is 0 Å². The Morgan fingerprint density at radius 1 is 1.00 bits per heavy atom. The summed E-state index contributed by atoms with van der Waals surface area (Å²) in [5.41, 5.74) is 2.23. The number of aromatic nitrogens is 2. The van der Waals surface area contributed by atoms with Crippen molar-refractivity contribution in [2.75, 3.05) is 13.1 Å². The fourth-order valence-corrected chi connectivity index (χ4v) is 2.62. The van der Waals surface area contributed by atoms with Gasteiger partial charge in [-0.25, -0.2) is 0 Å². The highest BCUT2D eigenvalue weighted by Crippen LogP contribution is 2.19. The van der Waals surface area contributed by atoms with Gasteiger partial charge in [-0.1, -0.05) is 30.5 Å². The van der Waals surface area contributed by atoms with E-state index in [1.165, 1.54) is 31.2 Å². The highest BCUT2D eigenvalue weighted by Gasteiger charge is 2.14. The molecule has 5 heteroatoms. The van der Waals surface area contributed by atoms with Crippen molar-refractivity contribution in [2.45, 2.75) is 39.2 Å². The van der Waals surface area contributed by atoms with Crippen molar-refractivity contribution >= 4 is 12.4 Å². The van der Waals surface area contributed by atoms with Crippen LogP contribution in [0.15, 0.2) is 28.7 Å². The molecule has 2 aromatic rings. The predicted octanol–water partition coefficient (Wildman–Crippen LogP) is 3.84. The molecule has 0 N–H and O–H groups in total. The number of aryl methyl sites for hydroxylation is 1. The normalized spacial score (nSPS) is 16.2. The third kappa shape index (κ3) is 4.29. The second-order valence-corrected chi connectivity index (χ2v) is 5.56. The first kappa shape index (κ1) is 16.0. The molecule has 0 spiro atoms. The second kappa shape index (κ2) is 7.57. The van der Waals surface area contributed by atoms with Gasteiger partial charge in [0.05, 0.1) is 6.54 Å². The minimum absolute atomic E-state index is 0. The number of hydrogen-bond acceptors (Lipinski definition) is 4. The van der Waals surface area contributed by atoms with Gasteiger partial charge in [0.25, 0.3) is 0 Å². The number of benzene rings is 1. The Bertz CT molecular complexity index is 545. The zero-order valence-corrected chi connectivity index (χ0v) is 13.2. The summed E-state index contributed by atoms with van der Waals surface area (Å²) in [6, 6.07) is 8.18. The van der Waals surface area contributed by atoms with Gasteiger partial charge in [-0.15, -0.1) is 22.6 Å². The largest absolute Gasteiger partial charge is 0.419 e. The molecular formula is C16H22ClN3O. The minimum Gasteiger partial charge on any atom is -0.419 e. The van der Waals surface area contributed by atoms with Gasteiger partial charge in [-0.05, 0) is 45.0 Å². The van der Waals surface area contributed by atoms with E-state index in [0.29, 0.717) is 5.89 Å². The summed E-state index contributed by atoms with van der Waals surface area (Å²) in [5, 5.41) is 8.34. The molecule has 0 atom stereocenters. The third-order valence-electron chi connectivity index (χ3n) is 3.82. The summed E-state index contributed by atoms with van der Waals surface area (Å²) in [5.74, 6) is 1.34. The zero-order valence-electron chi connectivity index (χ0n) is 12.4. The summed E-state index contributed by atoms with van der Waals surface area (Å²) >= 11 is 0. The molecule has 0 aliphatic carbocycles. The summed E-state index contributed by atoms with van der Waals surface area (Å²) < 4.78 is 5.79. The Morgan fingerprint density at radius 2 is 1.67 bits per heavy atom. The number of hydrogen-bond donors (Lipinski definition) is 0. The maximum atomic E-state index is 5.79. The van der Waals surface area contributed by atoms with Gasteiger partial charge in [-0.3, -0.25) is 4.90 Å². The lowest BCUT2D eigenvalue weighted by Crippen LogP contribution is -2.24. The predicted molar refractivity (Wildman–Crippen MR) is 85.5 cm³/mol. The van der Waals surface area contributed by atoms with Crippen LogP contribution in [0.25, 0.3) is 11.5 Å². The quantitative estimate of drug-likeness (QED) is 0.864. The van der Waals surface area contributed by atoms with Crippen molar-refractivity contribution in [3.8, 4) is 11.5 Å². The Labute approximate surface area is 132 Å². The first-order valence-electron chi connectivity index (χ1n) is 7.43. The highest BCUT2D eigenvalue weighted by molar-refractivity contribution is 5.85. The van der Waals surface area contributed by atoms with Gasteiger partial charge in [-0.2, -0.15) is 0 Å². The van der Waals surface area contributed by atoms with Gasteiger partial charge in [0.1, 0.15) is 0 Å². The number of nitrogens with zero attached hydrogens (tertiary/aromatic N) is 3. The number of rotatable bonds is 3. The van der Waals surface area contributed by atoms with Gasteiger partial charge < -0.3 is 4.42 Å². The van der Waals surface area contributed by atoms with Gasteiger partial charge >= 0.3 is 0 Å². The van der Waals surface area contributed by atoms with Crippen molar-refractivity contribution in [1.82, 2.24) is 15.1 Å². The van der Waals surface area contributed by atoms with E-state index < -0.39 is 0 Å². The van der Waals surface area contributed by atoms with Crippen molar-refractivity contribution in [3.63, 3.8) is 0 Å². The number of likely N-dealkylation sites (tertiary alicyclic amines) is 1. The van der Waals surface area contributed by atoms with Crippen LogP contribution in [-0.2, 0) is 6.54 Å². The van der Waals surface area contributed by atoms with E-state index in [-0.39, 0.29) is 12.4 Å². The Hall–Kier alpha value is -1.39. The topological polar surface area (TPSA) is 42.2 Å². The van der Waals surface area contributed by atoms with Gasteiger partial charge in [0.2, 0.25) is 11.8 Å². The molecule has 0 bridgehead atoms. The van der Waals surface area contributed by atoms with Crippen molar-refractivity contribution in [3.05, 3.63) is 35.7 Å². The third-order valence-corrected chi connectivity index (χ3v) is 3.82. The molecule has 1 aliphatic rings. The molecule has 3 rings (SSSR count). The standard InChI is InChI=1S/C16H21N3O.ClH/c1-13-6-8-14(9-7-13)16-18-17-15(20-16)12-19-10-4-2-3-5-11-19;/h6-9H,2-5,10-12H2,1H3;1H. The van der Waals surface area contributed by atoms with Gasteiger partial charge in [0.15, 0.2) is 0 Å². The van der Waals surface area contributed by atoms with Crippen LogP contribution in [0.2, 0.25) is 0 Å². The maximum absolute atomic E-state index is 5.79. The van der Waals surface area contributed by atoms with E-state index >= 15 is 0 Å². The molecule has 0 saturated carbocycles. The molecule has 1 fully saturated rings. The summed E-state index contributed by atoms with van der Waals surface area (Å²) in [6.45, 7) is 5.13. The van der Waals surface area contributed by atoms with Crippen LogP contribution >= 0.6 is 12.4 Å². The first-order valence-corrected chi connectivity index (χ1v) is 7.43. The molecule has 114 valence electrons. The van der Waals surface area contributed by atoms with Crippen LogP contribution in [0.4, 0.5) is 0 Å². The smallest absolute Gasteiger partial charge is 0.247 e. The summed E-state index contributed by atoms with van der Waals surface area (Å²) in [7, 11) is 0. The molecule has 1 aliphatic heterocycles. The van der Waals surface area contributed by atoms with E-state index in [0.717, 1.165) is 31.1 Å². The molecule has 1 aromatic heterocycles. The molecule has 21 heavy (non-hydrogen) atoms. The van der Waals surface area contributed by atoms with Gasteiger partial charge in [0, 0.05) is 5.56 Å².